The first-order valence-electron chi connectivity index (χ1n) is 9.46. The smallest absolute Gasteiger partial charge is 0.341 e. The highest BCUT2D eigenvalue weighted by Gasteiger charge is 2.23. The molecule has 0 aromatic heterocycles. The van der Waals surface area contributed by atoms with Gasteiger partial charge in [0.15, 0.2) is 0 Å². The monoisotopic (exact) mass is 392 g/mol. The number of aryl methyl sites for hydroxylation is 1. The molecule has 0 bridgehead atoms. The summed E-state index contributed by atoms with van der Waals surface area (Å²) in [6, 6.07) is 21.3. The van der Waals surface area contributed by atoms with Gasteiger partial charge in [-0.15, -0.1) is 0 Å². The lowest BCUT2D eigenvalue weighted by Gasteiger charge is -2.13. The Bertz CT molecular complexity index is 998. The molecule has 1 N–H and O–H groups in total. The molecule has 0 fully saturated rings. The Hall–Kier alpha value is -2.78. The van der Waals surface area contributed by atoms with Crippen molar-refractivity contribution in [1.82, 2.24) is 0 Å². The Kier molecular flexibility index (Phi) is 5.36. The van der Waals surface area contributed by atoms with E-state index >= 15 is 0 Å². The molecule has 142 valence electrons. The molecule has 0 radical (unpaired) electrons. The first-order valence-corrected chi connectivity index (χ1v) is 9.84. The van der Waals surface area contributed by atoms with Crippen LogP contribution < -0.4 is 0 Å². The summed E-state index contributed by atoms with van der Waals surface area (Å²) in [6.45, 7) is 0.310. The van der Waals surface area contributed by atoms with Crippen molar-refractivity contribution in [3.63, 3.8) is 0 Å². The normalized spacial score (nSPS) is 15.2. The maximum atomic E-state index is 12.6. The van der Waals surface area contributed by atoms with Gasteiger partial charge in [0.2, 0.25) is 0 Å². The largest absolute Gasteiger partial charge is 0.505 e. The van der Waals surface area contributed by atoms with Crippen molar-refractivity contribution in [3.05, 3.63) is 88.4 Å². The molecule has 1 aliphatic carbocycles. The molecule has 0 saturated carbocycles. The van der Waals surface area contributed by atoms with Gasteiger partial charge in [0.1, 0.15) is 11.3 Å². The van der Waals surface area contributed by atoms with Gasteiger partial charge in [0, 0.05) is 0 Å². The third-order valence-corrected chi connectivity index (χ3v) is 5.64. The van der Waals surface area contributed by atoms with Gasteiger partial charge in [-0.2, -0.15) is 0 Å². The summed E-state index contributed by atoms with van der Waals surface area (Å²) in [4.78, 5) is 12.6. The van der Waals surface area contributed by atoms with E-state index in [0.29, 0.717) is 12.5 Å². The molecular weight excluding hydrogens is 372 g/mol. The summed E-state index contributed by atoms with van der Waals surface area (Å²) in [5, 5.41) is 10.4. The highest BCUT2D eigenvalue weighted by atomic mass is 35.5. The van der Waals surface area contributed by atoms with Crippen LogP contribution in [0.2, 0.25) is 5.02 Å². The number of ether oxygens (including phenoxy) is 1. The lowest BCUT2D eigenvalue weighted by atomic mass is 9.98. The number of fused-ring (bicyclic) bond motifs is 1. The van der Waals surface area contributed by atoms with Crippen LogP contribution in [0.5, 0.6) is 5.75 Å². The number of phenolic OH excluding ortho intramolecular Hbond substituents is 1. The summed E-state index contributed by atoms with van der Waals surface area (Å²) < 4.78 is 5.47. The molecule has 1 atom stereocenters. The van der Waals surface area contributed by atoms with Gasteiger partial charge < -0.3 is 9.84 Å². The lowest BCUT2D eigenvalue weighted by molar-refractivity contribution is 0.0490. The molecule has 4 heteroatoms. The third-order valence-electron chi connectivity index (χ3n) is 5.35. The van der Waals surface area contributed by atoms with Crippen LogP contribution in [0, 0.1) is 0 Å². The lowest BCUT2D eigenvalue weighted by Crippen LogP contribution is -2.09. The minimum Gasteiger partial charge on any atom is -0.505 e. The standard InChI is InChI=1S/C24H21ClO3/c25-22-15-19(16-6-2-1-3-7-16)14-21(23(22)26)24(27)28-13-12-18-11-10-17-8-4-5-9-20(17)18/h1-9,14-15,18,26H,10-13H2. The molecule has 0 amide bonds. The molecular formula is C24H21ClO3. The second-order valence-electron chi connectivity index (χ2n) is 7.08. The van der Waals surface area contributed by atoms with Crippen LogP contribution in [0.1, 0.15) is 40.2 Å². The Morgan fingerprint density at radius 3 is 2.61 bits per heavy atom. The third kappa shape index (κ3) is 3.76. The van der Waals surface area contributed by atoms with Crippen LogP contribution in [-0.4, -0.2) is 17.7 Å². The topological polar surface area (TPSA) is 46.5 Å². The highest BCUT2D eigenvalue weighted by Crippen LogP contribution is 2.36. The number of benzene rings is 3. The Morgan fingerprint density at radius 1 is 1.04 bits per heavy atom. The van der Waals surface area contributed by atoms with Crippen LogP contribution in [0.4, 0.5) is 0 Å². The van der Waals surface area contributed by atoms with E-state index in [1.54, 1.807) is 12.1 Å². The number of halogens is 1. The molecule has 28 heavy (non-hydrogen) atoms. The SMILES string of the molecule is O=C(OCCC1CCc2ccccc21)c1cc(-c2ccccc2)cc(Cl)c1O. The quantitative estimate of drug-likeness (QED) is 0.542. The van der Waals surface area contributed by atoms with Crippen LogP contribution in [-0.2, 0) is 11.2 Å². The van der Waals surface area contributed by atoms with Crippen LogP contribution in [0.3, 0.4) is 0 Å². The van der Waals surface area contributed by atoms with E-state index < -0.39 is 5.97 Å². The predicted molar refractivity (Wildman–Crippen MR) is 111 cm³/mol. The molecule has 3 nitrogen and oxygen atoms in total. The molecule has 0 aliphatic heterocycles. The number of rotatable bonds is 5. The van der Waals surface area contributed by atoms with E-state index in [1.165, 1.54) is 11.1 Å². The summed E-state index contributed by atoms with van der Waals surface area (Å²) in [7, 11) is 0. The number of esters is 1. The van der Waals surface area contributed by atoms with Crippen LogP contribution in [0.25, 0.3) is 11.1 Å². The van der Waals surface area contributed by atoms with Crippen molar-refractivity contribution in [2.24, 2.45) is 0 Å². The first-order chi connectivity index (χ1) is 13.6. The molecule has 0 saturated heterocycles. The first kappa shape index (κ1) is 18.6. The van der Waals surface area contributed by atoms with Gasteiger partial charge in [0.25, 0.3) is 0 Å². The number of carbonyl (C=O) groups is 1. The predicted octanol–water partition coefficient (Wildman–Crippen LogP) is 5.99. The fourth-order valence-corrected chi connectivity index (χ4v) is 4.09. The van der Waals surface area contributed by atoms with Gasteiger partial charge in [0.05, 0.1) is 11.6 Å². The second-order valence-corrected chi connectivity index (χ2v) is 7.49. The van der Waals surface area contributed by atoms with E-state index in [4.69, 9.17) is 16.3 Å². The van der Waals surface area contributed by atoms with E-state index in [1.807, 2.05) is 30.3 Å². The summed E-state index contributed by atoms with van der Waals surface area (Å²) in [5.74, 6) is -0.377. The average Bonchev–Trinajstić information content (AvgIpc) is 3.13. The average molecular weight is 393 g/mol. The molecule has 3 aromatic rings. The fourth-order valence-electron chi connectivity index (χ4n) is 3.87. The molecule has 4 rings (SSSR count). The summed E-state index contributed by atoms with van der Waals surface area (Å²) >= 11 is 6.15. The number of aromatic hydroxyl groups is 1. The molecule has 0 spiro atoms. The molecule has 1 unspecified atom stereocenters. The molecule has 0 heterocycles. The van der Waals surface area contributed by atoms with Crippen molar-refractivity contribution in [1.29, 1.82) is 0 Å². The van der Waals surface area contributed by atoms with Crippen molar-refractivity contribution >= 4 is 17.6 Å². The van der Waals surface area contributed by atoms with Gasteiger partial charge in [-0.05, 0) is 59.6 Å². The number of hydrogen-bond acceptors (Lipinski definition) is 3. The molecule has 1 aliphatic rings. The highest BCUT2D eigenvalue weighted by molar-refractivity contribution is 6.33. The summed E-state index contributed by atoms with van der Waals surface area (Å²) in [5.41, 5.74) is 4.52. The summed E-state index contributed by atoms with van der Waals surface area (Å²) in [6.07, 6.45) is 2.93. The molecule has 3 aromatic carbocycles. The fraction of sp³-hybridized carbons (Fsp3) is 0.208. The van der Waals surface area contributed by atoms with Crippen molar-refractivity contribution in [3.8, 4) is 16.9 Å². The number of phenols is 1. The van der Waals surface area contributed by atoms with E-state index in [0.717, 1.165) is 30.4 Å². The van der Waals surface area contributed by atoms with E-state index in [9.17, 15) is 9.90 Å². The van der Waals surface area contributed by atoms with Crippen LogP contribution >= 0.6 is 11.6 Å². The van der Waals surface area contributed by atoms with Gasteiger partial charge in [-0.1, -0.05) is 66.2 Å². The Labute approximate surface area is 169 Å². The van der Waals surface area contributed by atoms with Gasteiger partial charge in [-0.25, -0.2) is 4.79 Å². The zero-order valence-electron chi connectivity index (χ0n) is 15.4. The van der Waals surface area contributed by atoms with Crippen molar-refractivity contribution < 1.29 is 14.6 Å². The minimum absolute atomic E-state index is 0.0955. The Morgan fingerprint density at radius 2 is 1.79 bits per heavy atom. The van der Waals surface area contributed by atoms with E-state index in [-0.39, 0.29) is 16.3 Å². The van der Waals surface area contributed by atoms with E-state index in [2.05, 4.69) is 24.3 Å². The minimum atomic E-state index is -0.552. The zero-order valence-corrected chi connectivity index (χ0v) is 16.2. The number of hydrogen-bond donors (Lipinski definition) is 1. The van der Waals surface area contributed by atoms with Gasteiger partial charge in [-0.3, -0.25) is 0 Å². The van der Waals surface area contributed by atoms with Gasteiger partial charge >= 0.3 is 5.97 Å². The number of carbonyl (C=O) groups excluding carboxylic acids is 1. The van der Waals surface area contributed by atoms with Crippen LogP contribution in [0.15, 0.2) is 66.7 Å². The second kappa shape index (κ2) is 8.07. The van der Waals surface area contributed by atoms with Crippen molar-refractivity contribution in [2.45, 2.75) is 25.2 Å². The maximum absolute atomic E-state index is 12.6. The maximum Gasteiger partial charge on any atom is 0.341 e. The zero-order chi connectivity index (χ0) is 19.5. The van der Waals surface area contributed by atoms with Crippen molar-refractivity contribution in [2.75, 3.05) is 6.61 Å². The Balaban J connectivity index is 1.46.